The van der Waals surface area contributed by atoms with Crippen molar-refractivity contribution in [2.75, 3.05) is 23.8 Å². The van der Waals surface area contributed by atoms with E-state index >= 15 is 0 Å². The summed E-state index contributed by atoms with van der Waals surface area (Å²) in [5.74, 6) is 0.713. The molecule has 1 aliphatic rings. The quantitative estimate of drug-likeness (QED) is 0.852. The van der Waals surface area contributed by atoms with Crippen molar-refractivity contribution in [3.05, 3.63) is 42.2 Å². The van der Waals surface area contributed by atoms with Gasteiger partial charge in [0.05, 0.1) is 0 Å². The largest absolute Gasteiger partial charge is 0.384 e. The maximum Gasteiger partial charge on any atom is 0.229 e. The van der Waals surface area contributed by atoms with Crippen LogP contribution in [-0.4, -0.2) is 23.6 Å². The molecule has 0 saturated carbocycles. The number of rotatable bonds is 2. The van der Waals surface area contributed by atoms with Gasteiger partial charge in [-0.3, -0.25) is 0 Å². The van der Waals surface area contributed by atoms with Crippen LogP contribution in [0.15, 0.2) is 36.7 Å². The molecule has 0 fully saturated rings. The highest BCUT2D eigenvalue weighted by molar-refractivity contribution is 5.67. The minimum atomic E-state index is 0.713. The Hall–Kier alpha value is -2.10. The molecule has 0 bridgehead atoms. The average Bonchev–Trinajstić information content (AvgIpc) is 2.86. The molecule has 1 aliphatic heterocycles. The highest BCUT2D eigenvalue weighted by Crippen LogP contribution is 2.29. The molecular weight excluding hydrogens is 212 g/mol. The van der Waals surface area contributed by atoms with E-state index < -0.39 is 0 Å². The Kier molecular flexibility index (Phi) is 2.40. The second-order valence-electron chi connectivity index (χ2n) is 4.13. The van der Waals surface area contributed by atoms with E-state index in [-0.39, 0.29) is 0 Å². The maximum absolute atomic E-state index is 4.24. The predicted octanol–water partition coefficient (Wildman–Crippen LogP) is 2.21. The molecular formula is C13H14N4. The van der Waals surface area contributed by atoms with Crippen LogP contribution in [-0.2, 0) is 6.42 Å². The first kappa shape index (κ1) is 10.1. The van der Waals surface area contributed by atoms with Gasteiger partial charge in [-0.15, -0.1) is 0 Å². The molecule has 0 unspecified atom stereocenters. The first-order valence-corrected chi connectivity index (χ1v) is 5.72. The van der Waals surface area contributed by atoms with E-state index in [1.807, 2.05) is 18.0 Å². The van der Waals surface area contributed by atoms with Crippen molar-refractivity contribution in [3.63, 3.8) is 0 Å². The van der Waals surface area contributed by atoms with Crippen LogP contribution in [0.2, 0.25) is 0 Å². The molecule has 1 aromatic heterocycles. The molecule has 0 spiro atoms. The standard InChI is InChI=1S/C13H14N4/c1-17(13-15-6-2-7-16-13)11-4-3-10-5-8-14-12(10)9-11/h2-4,6-7,9,14H,5,8H2,1H3. The van der Waals surface area contributed by atoms with Crippen LogP contribution in [0.4, 0.5) is 17.3 Å². The molecule has 0 saturated heterocycles. The lowest BCUT2D eigenvalue weighted by Crippen LogP contribution is -2.12. The second kappa shape index (κ2) is 4.05. The Morgan fingerprint density at radius 3 is 2.88 bits per heavy atom. The topological polar surface area (TPSA) is 41.0 Å². The molecule has 3 rings (SSSR count). The minimum absolute atomic E-state index is 0.713. The summed E-state index contributed by atoms with van der Waals surface area (Å²) in [4.78, 5) is 10.5. The van der Waals surface area contributed by atoms with Gasteiger partial charge in [-0.2, -0.15) is 0 Å². The van der Waals surface area contributed by atoms with Gasteiger partial charge in [-0.1, -0.05) is 6.07 Å². The van der Waals surface area contributed by atoms with E-state index in [2.05, 4.69) is 33.5 Å². The predicted molar refractivity (Wildman–Crippen MR) is 68.7 cm³/mol. The van der Waals surface area contributed by atoms with E-state index in [1.165, 1.54) is 11.3 Å². The Balaban J connectivity index is 1.94. The molecule has 0 amide bonds. The summed E-state index contributed by atoms with van der Waals surface area (Å²) in [6.45, 7) is 1.03. The van der Waals surface area contributed by atoms with E-state index in [4.69, 9.17) is 0 Å². The summed E-state index contributed by atoms with van der Waals surface area (Å²) in [7, 11) is 1.98. The number of anilines is 3. The maximum atomic E-state index is 4.24. The molecule has 2 heterocycles. The van der Waals surface area contributed by atoms with Gasteiger partial charge in [0.2, 0.25) is 5.95 Å². The van der Waals surface area contributed by atoms with E-state index in [0.717, 1.165) is 18.7 Å². The highest BCUT2D eigenvalue weighted by Gasteiger charge is 2.12. The molecule has 0 radical (unpaired) electrons. The van der Waals surface area contributed by atoms with Gasteiger partial charge in [0.15, 0.2) is 0 Å². The lowest BCUT2D eigenvalue weighted by molar-refractivity contribution is 1.04. The number of nitrogens with one attached hydrogen (secondary N) is 1. The second-order valence-corrected chi connectivity index (χ2v) is 4.13. The number of fused-ring (bicyclic) bond motifs is 1. The highest BCUT2D eigenvalue weighted by atomic mass is 15.2. The Bertz CT molecular complexity index is 524. The fraction of sp³-hybridized carbons (Fsp3) is 0.231. The smallest absolute Gasteiger partial charge is 0.229 e. The molecule has 17 heavy (non-hydrogen) atoms. The lowest BCUT2D eigenvalue weighted by Gasteiger charge is -2.17. The molecule has 4 heteroatoms. The molecule has 2 aromatic rings. The van der Waals surface area contributed by atoms with Crippen LogP contribution < -0.4 is 10.2 Å². The molecule has 4 nitrogen and oxygen atoms in total. The summed E-state index contributed by atoms with van der Waals surface area (Å²) >= 11 is 0. The van der Waals surface area contributed by atoms with Crippen molar-refractivity contribution in [3.8, 4) is 0 Å². The van der Waals surface area contributed by atoms with E-state index in [9.17, 15) is 0 Å². The fourth-order valence-electron chi connectivity index (χ4n) is 2.07. The van der Waals surface area contributed by atoms with Gasteiger partial charge in [0, 0.05) is 37.4 Å². The number of hydrogen-bond donors (Lipinski definition) is 1. The number of benzene rings is 1. The average molecular weight is 226 g/mol. The number of aromatic nitrogens is 2. The van der Waals surface area contributed by atoms with Crippen molar-refractivity contribution >= 4 is 17.3 Å². The zero-order valence-electron chi connectivity index (χ0n) is 9.72. The molecule has 86 valence electrons. The normalized spacial score (nSPS) is 13.0. The molecule has 1 aromatic carbocycles. The Morgan fingerprint density at radius 1 is 1.24 bits per heavy atom. The lowest BCUT2D eigenvalue weighted by atomic mass is 10.1. The monoisotopic (exact) mass is 226 g/mol. The van der Waals surface area contributed by atoms with Gasteiger partial charge in [-0.25, -0.2) is 9.97 Å². The molecule has 1 N–H and O–H groups in total. The van der Waals surface area contributed by atoms with Crippen LogP contribution in [0.5, 0.6) is 0 Å². The van der Waals surface area contributed by atoms with Gasteiger partial charge < -0.3 is 10.2 Å². The van der Waals surface area contributed by atoms with Crippen molar-refractivity contribution in [2.24, 2.45) is 0 Å². The van der Waals surface area contributed by atoms with Crippen LogP contribution >= 0.6 is 0 Å². The Morgan fingerprint density at radius 2 is 2.06 bits per heavy atom. The first-order chi connectivity index (χ1) is 8.34. The number of hydrogen-bond acceptors (Lipinski definition) is 4. The van der Waals surface area contributed by atoms with Crippen molar-refractivity contribution in [1.29, 1.82) is 0 Å². The first-order valence-electron chi connectivity index (χ1n) is 5.72. The molecule has 0 atom stereocenters. The summed E-state index contributed by atoms with van der Waals surface area (Å²) < 4.78 is 0. The zero-order valence-corrected chi connectivity index (χ0v) is 9.72. The van der Waals surface area contributed by atoms with Crippen molar-refractivity contribution < 1.29 is 0 Å². The summed E-state index contributed by atoms with van der Waals surface area (Å²) in [6.07, 6.45) is 4.62. The van der Waals surface area contributed by atoms with Gasteiger partial charge in [0.1, 0.15) is 0 Å². The minimum Gasteiger partial charge on any atom is -0.384 e. The summed E-state index contributed by atoms with van der Waals surface area (Å²) in [5, 5.41) is 3.38. The molecule has 0 aliphatic carbocycles. The van der Waals surface area contributed by atoms with Gasteiger partial charge in [-0.05, 0) is 30.2 Å². The summed E-state index contributed by atoms with van der Waals surface area (Å²) in [5.41, 5.74) is 3.71. The third-order valence-corrected chi connectivity index (χ3v) is 3.04. The van der Waals surface area contributed by atoms with Crippen LogP contribution in [0.3, 0.4) is 0 Å². The Labute approximate surface area is 100 Å². The van der Waals surface area contributed by atoms with E-state index in [0.29, 0.717) is 5.95 Å². The number of nitrogens with zero attached hydrogens (tertiary/aromatic N) is 3. The summed E-state index contributed by atoms with van der Waals surface area (Å²) in [6, 6.07) is 8.26. The van der Waals surface area contributed by atoms with E-state index in [1.54, 1.807) is 12.4 Å². The van der Waals surface area contributed by atoms with Gasteiger partial charge in [0.25, 0.3) is 0 Å². The third-order valence-electron chi connectivity index (χ3n) is 3.04. The fourth-order valence-corrected chi connectivity index (χ4v) is 2.07. The van der Waals surface area contributed by atoms with Crippen LogP contribution in [0.25, 0.3) is 0 Å². The third kappa shape index (κ3) is 1.82. The van der Waals surface area contributed by atoms with Crippen molar-refractivity contribution in [2.45, 2.75) is 6.42 Å². The van der Waals surface area contributed by atoms with Crippen LogP contribution in [0.1, 0.15) is 5.56 Å². The van der Waals surface area contributed by atoms with Crippen molar-refractivity contribution in [1.82, 2.24) is 9.97 Å². The van der Waals surface area contributed by atoms with Gasteiger partial charge >= 0.3 is 0 Å². The SMILES string of the molecule is CN(c1ccc2c(c1)NCC2)c1ncccn1. The van der Waals surface area contributed by atoms with Crippen LogP contribution in [0, 0.1) is 0 Å². The zero-order chi connectivity index (χ0) is 11.7.